The summed E-state index contributed by atoms with van der Waals surface area (Å²) in [6.45, 7) is 6.74. The van der Waals surface area contributed by atoms with Crippen molar-refractivity contribution < 1.29 is 52.6 Å². The Morgan fingerprint density at radius 3 is 1.03 bits per heavy atom. The monoisotopic (exact) mass is 1310 g/mol. The molecule has 516 valence electrons. The van der Waals surface area contributed by atoms with Gasteiger partial charge in [-0.2, -0.15) is 0 Å². The molecule has 4 aromatic rings. The Morgan fingerprint density at radius 1 is 0.400 bits per heavy atom. The summed E-state index contributed by atoms with van der Waals surface area (Å²) >= 11 is 0. The second-order valence-corrected chi connectivity index (χ2v) is 25.9. The van der Waals surface area contributed by atoms with Crippen LogP contribution in [0.2, 0.25) is 0 Å². The first-order valence-corrected chi connectivity index (χ1v) is 34.9. The van der Waals surface area contributed by atoms with Crippen molar-refractivity contribution in [2.75, 3.05) is 79.9 Å². The van der Waals surface area contributed by atoms with Crippen LogP contribution in [0.3, 0.4) is 0 Å². The van der Waals surface area contributed by atoms with Crippen LogP contribution in [-0.2, 0) is 52.6 Å². The van der Waals surface area contributed by atoms with E-state index in [4.69, 9.17) is 14.2 Å². The van der Waals surface area contributed by atoms with Gasteiger partial charge in [0.25, 0.3) is 0 Å². The van der Waals surface area contributed by atoms with Crippen molar-refractivity contribution in [2.24, 2.45) is 11.8 Å². The standard InChI is InChI=1S/C74H104N10O11/c1-51(75-3)67(85)79-63(57-35-19-9-20-36-57)73(91)83-43-23-39-59(83)69(87)81-65(61(53-27-11-5-12-28-53)54-29-13-6-14-30-54)71(89)77-41-25-45-93-47-49-95-50-48-94-46-26-42-78-72(90)66(62(55-31-15-7-16-32-55)56-33-17-8-18-34-56)82-70(88)60-40-24-44-84(60)74(92)64(58-37-21-10-22-38-58)80-68(86)52(2)76-4/h5-8,11-18,27-34,51-52,57-66,75-76H,9-10,19-26,35-50H2,1-4H3,(H,77,89)(H,78,90)(H,79,85)(H,80,86)(H,81,87)(H,82,88)/t51-,52+,59-,60-,63-,64-,65-,66-/m0/s1. The summed E-state index contributed by atoms with van der Waals surface area (Å²) in [5.41, 5.74) is 3.36. The number of nitrogens with one attached hydrogen (secondary N) is 8. The molecule has 0 spiro atoms. The van der Waals surface area contributed by atoms with Gasteiger partial charge in [0, 0.05) is 51.2 Å². The van der Waals surface area contributed by atoms with Gasteiger partial charge in [-0.15, -0.1) is 0 Å². The molecule has 95 heavy (non-hydrogen) atoms. The maximum Gasteiger partial charge on any atom is 0.246 e. The third-order valence-electron chi connectivity index (χ3n) is 19.4. The van der Waals surface area contributed by atoms with Gasteiger partial charge in [-0.1, -0.05) is 160 Å². The average Bonchev–Trinajstić information content (AvgIpc) is 1.82. The van der Waals surface area contributed by atoms with E-state index in [0.29, 0.717) is 91.3 Å². The highest BCUT2D eigenvalue weighted by atomic mass is 16.5. The maximum absolute atomic E-state index is 14.7. The van der Waals surface area contributed by atoms with Gasteiger partial charge in [-0.3, -0.25) is 38.4 Å². The van der Waals surface area contributed by atoms with Gasteiger partial charge in [0.1, 0.15) is 36.3 Å². The second-order valence-electron chi connectivity index (χ2n) is 25.9. The molecule has 0 unspecified atom stereocenters. The van der Waals surface area contributed by atoms with Crippen LogP contribution >= 0.6 is 0 Å². The predicted molar refractivity (Wildman–Crippen MR) is 365 cm³/mol. The van der Waals surface area contributed by atoms with E-state index in [2.05, 4.69) is 42.5 Å². The van der Waals surface area contributed by atoms with E-state index in [0.717, 1.165) is 86.5 Å². The number of amides is 8. The van der Waals surface area contributed by atoms with Gasteiger partial charge in [-0.05, 0) is 126 Å². The van der Waals surface area contributed by atoms with Gasteiger partial charge in [-0.25, -0.2) is 0 Å². The molecule has 0 bridgehead atoms. The minimum Gasteiger partial charge on any atom is -0.379 e. The summed E-state index contributed by atoms with van der Waals surface area (Å²) in [5, 5.41) is 24.4. The number of carbonyl (C=O) groups excluding carboxylic acids is 8. The van der Waals surface area contributed by atoms with Gasteiger partial charge >= 0.3 is 0 Å². The highest BCUT2D eigenvalue weighted by Gasteiger charge is 2.45. The van der Waals surface area contributed by atoms with Crippen LogP contribution in [0.1, 0.15) is 151 Å². The summed E-state index contributed by atoms with van der Waals surface area (Å²) < 4.78 is 17.6. The number of likely N-dealkylation sites (tertiary alicyclic amines) is 2. The fraction of sp³-hybridized carbons (Fsp3) is 0.568. The summed E-state index contributed by atoms with van der Waals surface area (Å²) in [5.74, 6) is -3.82. The van der Waals surface area contributed by atoms with Crippen molar-refractivity contribution in [1.29, 1.82) is 0 Å². The zero-order chi connectivity index (χ0) is 67.3. The topological polar surface area (TPSA) is 267 Å². The zero-order valence-corrected chi connectivity index (χ0v) is 56.2. The molecule has 2 aliphatic heterocycles. The predicted octanol–water partition coefficient (Wildman–Crippen LogP) is 6.01. The maximum atomic E-state index is 14.7. The Balaban J connectivity index is 0.792. The molecule has 4 aromatic carbocycles. The van der Waals surface area contributed by atoms with E-state index in [1.165, 1.54) is 0 Å². The number of benzene rings is 4. The summed E-state index contributed by atoms with van der Waals surface area (Å²) in [6.07, 6.45) is 12.4. The molecule has 8 amide bonds. The van der Waals surface area contributed by atoms with E-state index >= 15 is 0 Å². The molecule has 4 aliphatic rings. The SMILES string of the molecule is CN[C@@H](C)C(=O)N[C@H](C(=O)N1CCC[C@H]1C(=O)N[C@H](C(=O)NCCCOCCOCCOCCCNC(=O)[C@@H](NC(=O)[C@@H]1CCCN1C(=O)[C@@H](NC(=O)[C@@H](C)NC)C1CCCCC1)C(c1ccccc1)c1ccccc1)C(c1ccccc1)c1ccccc1)C1CCCCC1. The Hall–Kier alpha value is -7.56. The third kappa shape index (κ3) is 21.2. The first-order valence-electron chi connectivity index (χ1n) is 34.9. The minimum absolute atomic E-state index is 0.0389. The number of rotatable bonds is 36. The molecule has 2 saturated heterocycles. The number of likely N-dealkylation sites (N-methyl/N-ethyl adjacent to an activating group) is 2. The lowest BCUT2D eigenvalue weighted by molar-refractivity contribution is -0.143. The number of hydrogen-bond acceptors (Lipinski definition) is 13. The Labute approximate surface area is 561 Å². The zero-order valence-electron chi connectivity index (χ0n) is 56.2. The first kappa shape index (κ1) is 73.3. The van der Waals surface area contributed by atoms with E-state index in [9.17, 15) is 38.4 Å². The molecular weight excluding hydrogens is 1200 g/mol. The van der Waals surface area contributed by atoms with Crippen LogP contribution in [0.25, 0.3) is 0 Å². The molecule has 8 rings (SSSR count). The molecule has 21 nitrogen and oxygen atoms in total. The lowest BCUT2D eigenvalue weighted by Crippen LogP contribution is -2.59. The molecule has 8 atom stereocenters. The normalized spacial score (nSPS) is 18.8. The van der Waals surface area contributed by atoms with Gasteiger partial charge < -0.3 is 66.5 Å². The van der Waals surface area contributed by atoms with Crippen LogP contribution < -0.4 is 42.5 Å². The number of nitrogens with zero attached hydrogens (tertiary/aromatic N) is 2. The fourth-order valence-electron chi connectivity index (χ4n) is 13.9. The van der Waals surface area contributed by atoms with E-state index in [1.54, 1.807) is 37.7 Å². The summed E-state index contributed by atoms with van der Waals surface area (Å²) in [4.78, 5) is 117. The van der Waals surface area contributed by atoms with Gasteiger partial charge in [0.15, 0.2) is 0 Å². The Kier molecular flexibility index (Phi) is 30.0. The number of carbonyl (C=O) groups is 8. The fourth-order valence-corrected chi connectivity index (χ4v) is 13.9. The highest BCUT2D eigenvalue weighted by Crippen LogP contribution is 2.34. The molecule has 4 fully saturated rings. The summed E-state index contributed by atoms with van der Waals surface area (Å²) in [6, 6.07) is 32.2. The quantitative estimate of drug-likeness (QED) is 0.0243. The van der Waals surface area contributed by atoms with Gasteiger partial charge in [0.2, 0.25) is 47.3 Å². The van der Waals surface area contributed by atoms with E-state index in [1.807, 2.05) is 121 Å². The van der Waals surface area contributed by atoms with Gasteiger partial charge in [0.05, 0.1) is 38.5 Å². The van der Waals surface area contributed by atoms with E-state index < -0.39 is 72.0 Å². The third-order valence-corrected chi connectivity index (χ3v) is 19.4. The first-order chi connectivity index (χ1) is 46.3. The number of hydrogen-bond donors (Lipinski definition) is 8. The van der Waals surface area contributed by atoms with Crippen molar-refractivity contribution in [1.82, 2.24) is 52.3 Å². The van der Waals surface area contributed by atoms with Crippen molar-refractivity contribution in [3.63, 3.8) is 0 Å². The van der Waals surface area contributed by atoms with Crippen LogP contribution in [0.5, 0.6) is 0 Å². The largest absolute Gasteiger partial charge is 0.379 e. The molecule has 2 heterocycles. The van der Waals surface area contributed by atoms with Crippen LogP contribution in [-0.4, -0.2) is 185 Å². The molecule has 0 aromatic heterocycles. The minimum atomic E-state index is -1.04. The summed E-state index contributed by atoms with van der Waals surface area (Å²) in [7, 11) is 3.41. The van der Waals surface area contributed by atoms with Crippen molar-refractivity contribution in [3.8, 4) is 0 Å². The highest BCUT2D eigenvalue weighted by molar-refractivity contribution is 5.97. The van der Waals surface area contributed by atoms with Crippen molar-refractivity contribution >= 4 is 47.3 Å². The van der Waals surface area contributed by atoms with Crippen molar-refractivity contribution in [2.45, 2.75) is 177 Å². The average molecular weight is 1310 g/mol. The molecule has 8 N–H and O–H groups in total. The van der Waals surface area contributed by atoms with Crippen LogP contribution in [0.15, 0.2) is 121 Å². The lowest BCUT2D eigenvalue weighted by Gasteiger charge is -2.36. The van der Waals surface area contributed by atoms with Crippen LogP contribution in [0, 0.1) is 11.8 Å². The molecule has 0 radical (unpaired) electrons. The Bertz CT molecular complexity index is 2750. The Morgan fingerprint density at radius 2 is 0.716 bits per heavy atom. The molecule has 2 saturated carbocycles. The smallest absolute Gasteiger partial charge is 0.246 e. The molecule has 21 heteroatoms. The number of ether oxygens (including phenoxy) is 3. The van der Waals surface area contributed by atoms with E-state index in [-0.39, 0.29) is 60.4 Å². The molecular formula is C74H104N10O11. The lowest BCUT2D eigenvalue weighted by atomic mass is 9.83. The molecule has 2 aliphatic carbocycles. The van der Waals surface area contributed by atoms with Crippen LogP contribution in [0.4, 0.5) is 0 Å². The second kappa shape index (κ2) is 38.9. The van der Waals surface area contributed by atoms with Crippen molar-refractivity contribution in [3.05, 3.63) is 144 Å².